The summed E-state index contributed by atoms with van der Waals surface area (Å²) in [7, 11) is -4.61. The second-order valence-electron chi connectivity index (χ2n) is 4.14. The lowest BCUT2D eigenvalue weighted by Gasteiger charge is -2.15. The van der Waals surface area contributed by atoms with Crippen molar-refractivity contribution in [2.24, 2.45) is 5.92 Å². The molecule has 1 aliphatic heterocycles. The van der Waals surface area contributed by atoms with Crippen molar-refractivity contribution in [3.63, 3.8) is 0 Å². The molecule has 1 atom stereocenters. The van der Waals surface area contributed by atoms with Gasteiger partial charge in [0, 0.05) is 24.9 Å². The van der Waals surface area contributed by atoms with Crippen LogP contribution in [0.25, 0.3) is 0 Å². The van der Waals surface area contributed by atoms with Crippen LogP contribution in [-0.4, -0.2) is 31.6 Å². The van der Waals surface area contributed by atoms with Crippen LogP contribution in [0.3, 0.4) is 0 Å². The smallest absolute Gasteiger partial charge is 0.302 e. The van der Waals surface area contributed by atoms with E-state index in [4.69, 9.17) is 0 Å². The molecule has 1 aromatic heterocycles. The first kappa shape index (κ1) is 12.9. The molecule has 2 heterocycles. The molecule has 1 fully saturated rings. The van der Waals surface area contributed by atoms with Gasteiger partial charge < -0.3 is 4.90 Å². The van der Waals surface area contributed by atoms with Crippen LogP contribution in [0, 0.1) is 11.7 Å². The van der Waals surface area contributed by atoms with Gasteiger partial charge in [0.2, 0.25) is 5.91 Å². The van der Waals surface area contributed by atoms with Gasteiger partial charge in [-0.3, -0.25) is 9.78 Å². The van der Waals surface area contributed by atoms with Gasteiger partial charge in [-0.1, -0.05) is 0 Å². The molecule has 1 aliphatic rings. The van der Waals surface area contributed by atoms with Gasteiger partial charge in [0.1, 0.15) is 5.82 Å². The molecule has 1 unspecified atom stereocenters. The average Bonchev–Trinajstić information content (AvgIpc) is 2.56. The van der Waals surface area contributed by atoms with Crippen LogP contribution in [0.4, 0.5) is 14.0 Å². The highest BCUT2D eigenvalue weighted by molar-refractivity contribution is 7.86. The van der Waals surface area contributed by atoms with Crippen molar-refractivity contribution >= 4 is 21.8 Å². The molecule has 0 bridgehead atoms. The average molecular weight is 276 g/mol. The summed E-state index contributed by atoms with van der Waals surface area (Å²) in [5.41, 5.74) is 0.249. The summed E-state index contributed by atoms with van der Waals surface area (Å²) in [5.74, 6) is -2.27. The molecule has 18 heavy (non-hydrogen) atoms. The van der Waals surface area contributed by atoms with E-state index in [1.54, 1.807) is 0 Å². The molecule has 1 amide bonds. The van der Waals surface area contributed by atoms with Crippen molar-refractivity contribution < 1.29 is 21.5 Å². The van der Waals surface area contributed by atoms with Crippen molar-refractivity contribution in [2.45, 2.75) is 6.42 Å². The molecule has 98 valence electrons. The summed E-state index contributed by atoms with van der Waals surface area (Å²) in [6.45, 7) is 0.0487. The number of aromatic nitrogens is 1. The first-order valence-electron chi connectivity index (χ1n) is 5.18. The fourth-order valence-corrected chi connectivity index (χ4v) is 2.76. The Hall–Kier alpha value is -1.57. The van der Waals surface area contributed by atoms with E-state index in [9.17, 15) is 21.5 Å². The molecule has 0 spiro atoms. The predicted molar refractivity (Wildman–Crippen MR) is 59.5 cm³/mol. The normalized spacial score (nSPS) is 20.4. The Kier molecular flexibility index (Phi) is 3.29. The SMILES string of the molecule is O=C1CC(CS(=O)(=O)F)CN1c1cncc(F)c1. The molecular weight excluding hydrogens is 266 g/mol. The fourth-order valence-electron chi connectivity index (χ4n) is 1.97. The summed E-state index contributed by atoms with van der Waals surface area (Å²) in [4.78, 5) is 16.5. The lowest BCUT2D eigenvalue weighted by atomic mass is 10.1. The van der Waals surface area contributed by atoms with Crippen molar-refractivity contribution in [1.29, 1.82) is 0 Å². The van der Waals surface area contributed by atoms with E-state index in [-0.39, 0.29) is 24.6 Å². The van der Waals surface area contributed by atoms with Gasteiger partial charge >= 0.3 is 10.2 Å². The molecular formula is C10H10F2N2O3S. The van der Waals surface area contributed by atoms with Crippen LogP contribution in [0.5, 0.6) is 0 Å². The standard InChI is InChI=1S/C10H10F2N2O3S/c11-8-2-9(4-13-3-8)14-5-7(1-10(14)15)6-18(12,16)17/h2-4,7H,1,5-6H2. The topological polar surface area (TPSA) is 67.3 Å². The van der Waals surface area contributed by atoms with Crippen LogP contribution in [0.2, 0.25) is 0 Å². The molecule has 5 nitrogen and oxygen atoms in total. The van der Waals surface area contributed by atoms with E-state index in [1.807, 2.05) is 0 Å². The van der Waals surface area contributed by atoms with E-state index < -0.39 is 27.7 Å². The number of nitrogens with zero attached hydrogens (tertiary/aromatic N) is 2. The summed E-state index contributed by atoms with van der Waals surface area (Å²) in [5, 5.41) is 0. The van der Waals surface area contributed by atoms with Crippen molar-refractivity contribution in [3.8, 4) is 0 Å². The number of hydrogen-bond donors (Lipinski definition) is 0. The molecule has 0 N–H and O–H groups in total. The molecule has 0 saturated carbocycles. The van der Waals surface area contributed by atoms with Gasteiger partial charge in [-0.15, -0.1) is 3.89 Å². The maximum Gasteiger partial charge on any atom is 0.302 e. The Bertz CT molecular complexity index is 576. The van der Waals surface area contributed by atoms with Gasteiger partial charge in [0.15, 0.2) is 0 Å². The Balaban J connectivity index is 2.15. The third-order valence-corrected chi connectivity index (χ3v) is 3.51. The summed E-state index contributed by atoms with van der Waals surface area (Å²) >= 11 is 0. The molecule has 0 aromatic carbocycles. The Morgan fingerprint density at radius 3 is 2.78 bits per heavy atom. The van der Waals surface area contributed by atoms with E-state index in [1.165, 1.54) is 11.1 Å². The highest BCUT2D eigenvalue weighted by Crippen LogP contribution is 2.26. The zero-order valence-corrected chi connectivity index (χ0v) is 10.0. The van der Waals surface area contributed by atoms with Crippen molar-refractivity contribution in [1.82, 2.24) is 4.98 Å². The van der Waals surface area contributed by atoms with Gasteiger partial charge in [0.05, 0.1) is 23.8 Å². The molecule has 1 aromatic rings. The van der Waals surface area contributed by atoms with Gasteiger partial charge in [0.25, 0.3) is 0 Å². The number of pyridine rings is 1. The lowest BCUT2D eigenvalue weighted by Crippen LogP contribution is -2.25. The predicted octanol–water partition coefficient (Wildman–Crippen LogP) is 0.873. The second kappa shape index (κ2) is 4.60. The van der Waals surface area contributed by atoms with Gasteiger partial charge in [-0.05, 0) is 0 Å². The summed E-state index contributed by atoms with van der Waals surface area (Å²) in [6, 6.07) is 1.12. The van der Waals surface area contributed by atoms with Gasteiger partial charge in [-0.2, -0.15) is 8.42 Å². The van der Waals surface area contributed by atoms with Crippen LogP contribution < -0.4 is 4.90 Å². The van der Waals surface area contributed by atoms with E-state index >= 15 is 0 Å². The number of amides is 1. The van der Waals surface area contributed by atoms with Gasteiger partial charge in [-0.25, -0.2) is 4.39 Å². The summed E-state index contributed by atoms with van der Waals surface area (Å²) < 4.78 is 46.5. The number of halogens is 2. The monoisotopic (exact) mass is 276 g/mol. The Labute approximate surface area is 103 Å². The maximum absolute atomic E-state index is 13.0. The molecule has 1 saturated heterocycles. The van der Waals surface area contributed by atoms with E-state index in [0.717, 1.165) is 12.3 Å². The highest BCUT2D eigenvalue weighted by atomic mass is 32.3. The van der Waals surface area contributed by atoms with Crippen LogP contribution in [0.1, 0.15) is 6.42 Å². The first-order valence-corrected chi connectivity index (χ1v) is 6.73. The zero-order chi connectivity index (χ0) is 13.3. The molecule has 8 heteroatoms. The van der Waals surface area contributed by atoms with Crippen LogP contribution in [0.15, 0.2) is 18.5 Å². The third kappa shape index (κ3) is 3.00. The Morgan fingerprint density at radius 1 is 1.44 bits per heavy atom. The minimum absolute atomic E-state index is 0.0487. The minimum atomic E-state index is -4.61. The molecule has 2 rings (SSSR count). The number of anilines is 1. The van der Waals surface area contributed by atoms with Crippen LogP contribution >= 0.6 is 0 Å². The Morgan fingerprint density at radius 2 is 2.17 bits per heavy atom. The fraction of sp³-hybridized carbons (Fsp3) is 0.400. The van der Waals surface area contributed by atoms with E-state index in [2.05, 4.69) is 4.98 Å². The zero-order valence-electron chi connectivity index (χ0n) is 9.21. The van der Waals surface area contributed by atoms with Crippen LogP contribution in [-0.2, 0) is 15.0 Å². The highest BCUT2D eigenvalue weighted by Gasteiger charge is 2.33. The molecule has 0 aliphatic carbocycles. The maximum atomic E-state index is 13.0. The third-order valence-electron chi connectivity index (χ3n) is 2.64. The van der Waals surface area contributed by atoms with Crippen molar-refractivity contribution in [2.75, 3.05) is 17.2 Å². The lowest BCUT2D eigenvalue weighted by molar-refractivity contribution is -0.117. The largest absolute Gasteiger partial charge is 0.310 e. The van der Waals surface area contributed by atoms with Crippen molar-refractivity contribution in [3.05, 3.63) is 24.3 Å². The molecule has 0 radical (unpaired) electrons. The number of carbonyl (C=O) groups excluding carboxylic acids is 1. The minimum Gasteiger partial charge on any atom is -0.310 e. The number of hydrogen-bond acceptors (Lipinski definition) is 4. The number of rotatable bonds is 3. The quantitative estimate of drug-likeness (QED) is 0.768. The van der Waals surface area contributed by atoms with E-state index in [0.29, 0.717) is 0 Å². The number of carbonyl (C=O) groups is 1. The second-order valence-corrected chi connectivity index (χ2v) is 5.55. The first-order chi connectivity index (χ1) is 8.35. The summed E-state index contributed by atoms with van der Waals surface area (Å²) in [6.07, 6.45) is 2.22.